The minimum atomic E-state index is -0.595. The molecule has 0 aliphatic rings. The van der Waals surface area contributed by atoms with Gasteiger partial charge in [-0.25, -0.2) is 14.2 Å². The van der Waals surface area contributed by atoms with E-state index in [1.165, 1.54) is 12.1 Å². The van der Waals surface area contributed by atoms with Crippen LogP contribution in [-0.2, 0) is 0 Å². The summed E-state index contributed by atoms with van der Waals surface area (Å²) < 4.78 is 24.9. The summed E-state index contributed by atoms with van der Waals surface area (Å²) in [5, 5.41) is 0. The molecule has 4 heteroatoms. The topological polar surface area (TPSA) is 24.1 Å². The van der Waals surface area contributed by atoms with E-state index < -0.39 is 11.6 Å². The molecule has 2 nitrogen and oxygen atoms in total. The van der Waals surface area contributed by atoms with Crippen molar-refractivity contribution < 1.29 is 8.78 Å². The van der Waals surface area contributed by atoms with E-state index in [-0.39, 0.29) is 0 Å². The van der Waals surface area contributed by atoms with E-state index in [0.29, 0.717) is 5.69 Å². The summed E-state index contributed by atoms with van der Waals surface area (Å²) >= 11 is 0. The molecule has 0 spiro atoms. The van der Waals surface area contributed by atoms with Crippen molar-refractivity contribution in [2.75, 3.05) is 12.5 Å². The molecule has 0 bridgehead atoms. The summed E-state index contributed by atoms with van der Waals surface area (Å²) in [4.78, 5) is 0. The quantitative estimate of drug-likeness (QED) is 0.637. The van der Waals surface area contributed by atoms with Gasteiger partial charge in [0, 0.05) is 13.1 Å². The normalized spacial score (nSPS) is 9.73. The Kier molecular flexibility index (Phi) is 2.38. The number of halogens is 2. The zero-order valence-electron chi connectivity index (χ0n) is 5.99. The molecule has 1 aromatic rings. The maximum Gasteiger partial charge on any atom is 0.128 e. The number of anilines is 1. The first-order valence-corrected chi connectivity index (χ1v) is 3.11. The first-order chi connectivity index (χ1) is 5.22. The van der Waals surface area contributed by atoms with Gasteiger partial charge in [0.2, 0.25) is 0 Å². The lowest BCUT2D eigenvalue weighted by Crippen LogP contribution is -2.15. The van der Waals surface area contributed by atoms with Gasteiger partial charge in [-0.05, 0) is 12.1 Å². The number of hydrogen-bond donors (Lipinski definition) is 2. The maximum atomic E-state index is 12.4. The summed E-state index contributed by atoms with van der Waals surface area (Å²) in [7, 11) is 1.61. The first-order valence-electron chi connectivity index (χ1n) is 3.11. The summed E-state index contributed by atoms with van der Waals surface area (Å²) in [5.41, 5.74) is 5.48. The molecule has 11 heavy (non-hydrogen) atoms. The Morgan fingerprint density at radius 2 is 1.64 bits per heavy atom. The molecule has 1 rings (SSSR count). The minimum Gasteiger partial charge on any atom is -0.322 e. The molecule has 2 N–H and O–H groups in total. The molecule has 1 aromatic carbocycles. The van der Waals surface area contributed by atoms with E-state index in [9.17, 15) is 8.78 Å². The molecule has 0 fully saturated rings. The Labute approximate surface area is 63.2 Å². The van der Waals surface area contributed by atoms with Gasteiger partial charge in [0.1, 0.15) is 11.6 Å². The highest BCUT2D eigenvalue weighted by molar-refractivity contribution is 5.42. The Balaban J connectivity index is 2.89. The smallest absolute Gasteiger partial charge is 0.128 e. The fourth-order valence-corrected chi connectivity index (χ4v) is 0.770. The summed E-state index contributed by atoms with van der Waals surface area (Å²) in [6.45, 7) is 0. The van der Waals surface area contributed by atoms with E-state index in [4.69, 9.17) is 0 Å². The molecule has 0 saturated carbocycles. The second-order valence-corrected chi connectivity index (χ2v) is 2.03. The van der Waals surface area contributed by atoms with Crippen LogP contribution in [0.25, 0.3) is 0 Å². The Hall–Kier alpha value is -1.16. The van der Waals surface area contributed by atoms with Crippen molar-refractivity contribution in [3.63, 3.8) is 0 Å². The van der Waals surface area contributed by atoms with Gasteiger partial charge in [0.05, 0.1) is 5.69 Å². The Morgan fingerprint density at radius 1 is 1.09 bits per heavy atom. The number of hydrazine groups is 1. The molecule has 0 atom stereocenters. The molecule has 0 unspecified atom stereocenters. The van der Waals surface area contributed by atoms with Gasteiger partial charge >= 0.3 is 0 Å². The highest BCUT2D eigenvalue weighted by atomic mass is 19.1. The molecule has 0 aliphatic carbocycles. The van der Waals surface area contributed by atoms with Gasteiger partial charge in [-0.15, -0.1) is 0 Å². The zero-order chi connectivity index (χ0) is 8.27. The summed E-state index contributed by atoms with van der Waals surface area (Å²) in [6.07, 6.45) is 0. The molecular formula is C7H8F2N2. The third-order valence-corrected chi connectivity index (χ3v) is 1.13. The van der Waals surface area contributed by atoms with Crippen molar-refractivity contribution in [3.05, 3.63) is 29.8 Å². The summed E-state index contributed by atoms with van der Waals surface area (Å²) in [5.74, 6) is -1.19. The SMILES string of the molecule is CNNc1cc(F)cc(F)c1. The van der Waals surface area contributed by atoms with Crippen LogP contribution in [0, 0.1) is 11.6 Å². The average molecular weight is 158 g/mol. The van der Waals surface area contributed by atoms with Gasteiger partial charge < -0.3 is 5.43 Å². The predicted molar refractivity (Wildman–Crippen MR) is 39.0 cm³/mol. The number of nitrogens with one attached hydrogen (secondary N) is 2. The van der Waals surface area contributed by atoms with Gasteiger partial charge in [-0.2, -0.15) is 0 Å². The van der Waals surface area contributed by atoms with Crippen LogP contribution in [0.2, 0.25) is 0 Å². The van der Waals surface area contributed by atoms with E-state index >= 15 is 0 Å². The van der Waals surface area contributed by atoms with Crippen LogP contribution < -0.4 is 10.9 Å². The predicted octanol–water partition coefficient (Wildman–Crippen LogP) is 1.51. The number of hydrogen-bond acceptors (Lipinski definition) is 2. The van der Waals surface area contributed by atoms with Crippen LogP contribution >= 0.6 is 0 Å². The molecule has 0 aliphatic heterocycles. The number of benzene rings is 1. The zero-order valence-corrected chi connectivity index (χ0v) is 5.99. The first kappa shape index (κ1) is 7.94. The van der Waals surface area contributed by atoms with Crippen LogP contribution in [0.1, 0.15) is 0 Å². The van der Waals surface area contributed by atoms with Crippen LogP contribution in [-0.4, -0.2) is 7.05 Å². The lowest BCUT2D eigenvalue weighted by atomic mass is 10.3. The van der Waals surface area contributed by atoms with Crippen LogP contribution in [0.4, 0.5) is 14.5 Å². The molecule has 0 amide bonds. The van der Waals surface area contributed by atoms with E-state index in [0.717, 1.165) is 6.07 Å². The van der Waals surface area contributed by atoms with Crippen molar-refractivity contribution in [1.82, 2.24) is 5.43 Å². The lowest BCUT2D eigenvalue weighted by molar-refractivity contribution is 0.583. The molecule has 0 aromatic heterocycles. The Bertz CT molecular complexity index is 230. The monoisotopic (exact) mass is 158 g/mol. The van der Waals surface area contributed by atoms with E-state index in [2.05, 4.69) is 10.9 Å². The molecule has 0 saturated heterocycles. The van der Waals surface area contributed by atoms with E-state index in [1.54, 1.807) is 7.05 Å². The fraction of sp³-hybridized carbons (Fsp3) is 0.143. The minimum absolute atomic E-state index is 0.366. The molecule has 60 valence electrons. The maximum absolute atomic E-state index is 12.4. The van der Waals surface area contributed by atoms with Gasteiger partial charge in [0.25, 0.3) is 0 Å². The largest absolute Gasteiger partial charge is 0.322 e. The summed E-state index contributed by atoms with van der Waals surface area (Å²) in [6, 6.07) is 3.21. The van der Waals surface area contributed by atoms with Gasteiger partial charge in [-0.3, -0.25) is 0 Å². The van der Waals surface area contributed by atoms with Crippen molar-refractivity contribution in [2.24, 2.45) is 0 Å². The highest BCUT2D eigenvalue weighted by Gasteiger charge is 1.97. The highest BCUT2D eigenvalue weighted by Crippen LogP contribution is 2.11. The molecular weight excluding hydrogens is 150 g/mol. The van der Waals surface area contributed by atoms with Crippen LogP contribution in [0.15, 0.2) is 18.2 Å². The van der Waals surface area contributed by atoms with Crippen molar-refractivity contribution in [1.29, 1.82) is 0 Å². The van der Waals surface area contributed by atoms with Gasteiger partial charge in [-0.1, -0.05) is 0 Å². The second kappa shape index (κ2) is 3.30. The average Bonchev–Trinajstić information content (AvgIpc) is 1.85. The second-order valence-electron chi connectivity index (χ2n) is 2.03. The third kappa shape index (κ3) is 2.16. The third-order valence-electron chi connectivity index (χ3n) is 1.13. The van der Waals surface area contributed by atoms with Crippen LogP contribution in [0.3, 0.4) is 0 Å². The van der Waals surface area contributed by atoms with Crippen molar-refractivity contribution in [2.45, 2.75) is 0 Å². The van der Waals surface area contributed by atoms with Crippen LogP contribution in [0.5, 0.6) is 0 Å². The number of rotatable bonds is 2. The fourth-order valence-electron chi connectivity index (χ4n) is 0.770. The van der Waals surface area contributed by atoms with E-state index in [1.807, 2.05) is 0 Å². The molecule has 0 radical (unpaired) electrons. The van der Waals surface area contributed by atoms with Crippen molar-refractivity contribution in [3.8, 4) is 0 Å². The standard InChI is InChI=1S/C7H8F2N2/c1-10-11-7-3-5(8)2-6(9)4-7/h2-4,10-11H,1H3. The van der Waals surface area contributed by atoms with Crippen molar-refractivity contribution >= 4 is 5.69 Å². The lowest BCUT2D eigenvalue weighted by Gasteiger charge is -2.03. The van der Waals surface area contributed by atoms with Gasteiger partial charge in [0.15, 0.2) is 0 Å². The molecule has 0 heterocycles. The Morgan fingerprint density at radius 3 is 2.09 bits per heavy atom.